The molecule has 1 aromatic carbocycles. The normalized spacial score (nSPS) is 16.6. The number of anilines is 1. The van der Waals surface area contributed by atoms with Crippen LogP contribution in [0.15, 0.2) is 57.8 Å². The summed E-state index contributed by atoms with van der Waals surface area (Å²) in [7, 11) is -3.17. The van der Waals surface area contributed by atoms with Gasteiger partial charge in [-0.3, -0.25) is 29.3 Å². The van der Waals surface area contributed by atoms with Crippen molar-refractivity contribution in [2.75, 3.05) is 31.5 Å². The summed E-state index contributed by atoms with van der Waals surface area (Å²) in [5.74, 6) is -0.414. The summed E-state index contributed by atoms with van der Waals surface area (Å²) in [5, 5.41) is 14.1. The molecule has 4 heterocycles. The molecular weight excluding hydrogens is 479 g/mol. The molecule has 1 N–H and O–H groups in total. The van der Waals surface area contributed by atoms with Crippen molar-refractivity contribution in [3.05, 3.63) is 75.9 Å². The molecule has 3 aromatic rings. The van der Waals surface area contributed by atoms with Gasteiger partial charge in [-0.25, -0.2) is 9.34 Å². The van der Waals surface area contributed by atoms with Gasteiger partial charge in [0.2, 0.25) is 0 Å². The number of nitro groups is 1. The van der Waals surface area contributed by atoms with Gasteiger partial charge in [-0.05, 0) is 31.2 Å². The first kappa shape index (κ1) is 23.3. The number of rotatable bonds is 11. The number of hydrogen-bond acceptors (Lipinski definition) is 8. The molecule has 2 fully saturated rings. The minimum atomic E-state index is -3.17. The molecule has 5 rings (SSSR count). The Bertz CT molecular complexity index is 1270. The highest BCUT2D eigenvalue weighted by Gasteiger charge is 2.50. The standard InChI is InChI=1S/C22H23N4O8P/c1-15(34-35(30,24-6-7-24)25-8-9-25)20-12-19(26(28)29)22(33-20)23-21(27)17-3-2-4-18(11-17)32-14-16-5-10-31-13-16/h2-5,10-13,15H,6-9,14H2,1H3,(H,23,27). The van der Waals surface area contributed by atoms with Gasteiger partial charge in [0.25, 0.3) is 11.8 Å². The van der Waals surface area contributed by atoms with E-state index >= 15 is 0 Å². The molecule has 0 radical (unpaired) electrons. The van der Waals surface area contributed by atoms with Gasteiger partial charge in [-0.2, -0.15) is 0 Å². The highest BCUT2D eigenvalue weighted by molar-refractivity contribution is 7.54. The second kappa shape index (κ2) is 9.31. The Hall–Kier alpha value is -3.44. The average Bonchev–Trinajstić information content (AvgIpc) is 3.77. The lowest BCUT2D eigenvalue weighted by Gasteiger charge is -2.22. The summed E-state index contributed by atoms with van der Waals surface area (Å²) in [4.78, 5) is 23.8. The van der Waals surface area contributed by atoms with E-state index in [0.29, 0.717) is 31.9 Å². The third-order valence-corrected chi connectivity index (χ3v) is 8.32. The summed E-state index contributed by atoms with van der Waals surface area (Å²) >= 11 is 0. The maximum absolute atomic E-state index is 13.2. The highest BCUT2D eigenvalue weighted by Crippen LogP contribution is 2.63. The fraction of sp³-hybridized carbons (Fsp3) is 0.318. The molecule has 1 amide bonds. The van der Waals surface area contributed by atoms with Gasteiger partial charge < -0.3 is 13.6 Å². The monoisotopic (exact) mass is 502 g/mol. The summed E-state index contributed by atoms with van der Waals surface area (Å²) in [5.41, 5.74) is 0.625. The molecule has 0 spiro atoms. The van der Waals surface area contributed by atoms with Crippen molar-refractivity contribution in [1.29, 1.82) is 0 Å². The number of carbonyl (C=O) groups is 1. The second-order valence-electron chi connectivity index (χ2n) is 8.17. The largest absolute Gasteiger partial charge is 0.489 e. The number of amides is 1. The summed E-state index contributed by atoms with van der Waals surface area (Å²) < 4.78 is 38.8. The van der Waals surface area contributed by atoms with Gasteiger partial charge in [0, 0.05) is 37.3 Å². The van der Waals surface area contributed by atoms with E-state index in [9.17, 15) is 19.5 Å². The molecule has 1 unspecified atom stereocenters. The zero-order valence-corrected chi connectivity index (χ0v) is 19.7. The quantitative estimate of drug-likeness (QED) is 0.173. The first-order valence-electron chi connectivity index (χ1n) is 11.0. The number of carbonyl (C=O) groups excluding carboxylic acids is 1. The van der Waals surface area contributed by atoms with Crippen LogP contribution in [-0.2, 0) is 15.7 Å². The summed E-state index contributed by atoms with van der Waals surface area (Å²) in [6.07, 6.45) is 2.26. The van der Waals surface area contributed by atoms with Crippen LogP contribution in [0.5, 0.6) is 5.75 Å². The number of ether oxygens (including phenoxy) is 1. The smallest absolute Gasteiger partial charge is 0.346 e. The molecule has 35 heavy (non-hydrogen) atoms. The van der Waals surface area contributed by atoms with Crippen LogP contribution in [0.25, 0.3) is 0 Å². The summed E-state index contributed by atoms with van der Waals surface area (Å²) in [6.45, 7) is 4.55. The minimum Gasteiger partial charge on any atom is -0.489 e. The van der Waals surface area contributed by atoms with Crippen LogP contribution in [0.1, 0.15) is 34.7 Å². The van der Waals surface area contributed by atoms with Crippen molar-refractivity contribution in [3.8, 4) is 5.75 Å². The number of nitrogens with one attached hydrogen (secondary N) is 1. The van der Waals surface area contributed by atoms with Crippen LogP contribution in [0.4, 0.5) is 11.6 Å². The highest BCUT2D eigenvalue weighted by atomic mass is 31.2. The number of furan rings is 2. The van der Waals surface area contributed by atoms with Gasteiger partial charge >= 0.3 is 13.4 Å². The first-order valence-corrected chi connectivity index (χ1v) is 12.5. The molecule has 0 saturated carbocycles. The Morgan fingerprint density at radius 1 is 1.23 bits per heavy atom. The molecule has 0 bridgehead atoms. The zero-order chi connectivity index (χ0) is 24.6. The lowest BCUT2D eigenvalue weighted by Crippen LogP contribution is -2.12. The van der Waals surface area contributed by atoms with Crippen LogP contribution >= 0.6 is 7.67 Å². The molecule has 2 aliphatic heterocycles. The lowest BCUT2D eigenvalue weighted by atomic mass is 10.2. The third kappa shape index (κ3) is 5.15. The summed E-state index contributed by atoms with van der Waals surface area (Å²) in [6, 6.07) is 9.33. The molecule has 2 saturated heterocycles. The van der Waals surface area contributed by atoms with Crippen molar-refractivity contribution in [3.63, 3.8) is 0 Å². The molecule has 184 valence electrons. The van der Waals surface area contributed by atoms with Crippen molar-refractivity contribution in [2.45, 2.75) is 19.6 Å². The van der Waals surface area contributed by atoms with Crippen LogP contribution in [0.3, 0.4) is 0 Å². The Kier molecular flexibility index (Phi) is 6.20. The van der Waals surface area contributed by atoms with E-state index in [1.807, 2.05) is 0 Å². The van der Waals surface area contributed by atoms with Crippen molar-refractivity contribution >= 4 is 25.1 Å². The Labute approximate surface area is 200 Å². The van der Waals surface area contributed by atoms with Gasteiger partial charge in [0.05, 0.1) is 23.5 Å². The van der Waals surface area contributed by atoms with E-state index < -0.39 is 30.3 Å². The predicted octanol–water partition coefficient (Wildman–Crippen LogP) is 4.43. The van der Waals surface area contributed by atoms with E-state index in [2.05, 4.69) is 5.32 Å². The Balaban J connectivity index is 1.30. The SMILES string of the molecule is CC(OP(=O)(N1CC1)N1CC1)c1cc([N+](=O)[O-])c(NC(=O)c2cccc(OCc3ccoc3)c2)o1. The molecule has 2 aromatic heterocycles. The maximum atomic E-state index is 13.2. The number of hydrogen-bond donors (Lipinski definition) is 1. The zero-order valence-electron chi connectivity index (χ0n) is 18.8. The number of nitrogens with zero attached hydrogens (tertiary/aromatic N) is 3. The third-order valence-electron chi connectivity index (χ3n) is 5.50. The van der Waals surface area contributed by atoms with Gasteiger partial charge in [0.1, 0.15) is 24.2 Å². The van der Waals surface area contributed by atoms with Gasteiger partial charge in [-0.15, -0.1) is 0 Å². The van der Waals surface area contributed by atoms with E-state index in [-0.39, 0.29) is 23.8 Å². The fourth-order valence-corrected chi connectivity index (χ4v) is 5.76. The van der Waals surface area contributed by atoms with Crippen LogP contribution in [0, 0.1) is 10.1 Å². The molecule has 13 heteroatoms. The fourth-order valence-electron chi connectivity index (χ4n) is 3.43. The van der Waals surface area contributed by atoms with E-state index in [1.54, 1.807) is 46.8 Å². The predicted molar refractivity (Wildman–Crippen MR) is 123 cm³/mol. The van der Waals surface area contributed by atoms with Crippen molar-refractivity contribution in [2.24, 2.45) is 0 Å². The molecule has 1 atom stereocenters. The molecule has 0 aliphatic carbocycles. The molecular formula is C22H23N4O8P. The van der Waals surface area contributed by atoms with Crippen LogP contribution in [-0.4, -0.2) is 46.4 Å². The topological polar surface area (TPSA) is 140 Å². The number of benzene rings is 1. The van der Waals surface area contributed by atoms with Gasteiger partial charge in [0.15, 0.2) is 0 Å². The van der Waals surface area contributed by atoms with Crippen LogP contribution in [0.2, 0.25) is 0 Å². The van der Waals surface area contributed by atoms with Crippen molar-refractivity contribution < 1.29 is 32.4 Å². The average molecular weight is 502 g/mol. The van der Waals surface area contributed by atoms with E-state index in [0.717, 1.165) is 5.56 Å². The van der Waals surface area contributed by atoms with E-state index in [4.69, 9.17) is 18.1 Å². The first-order chi connectivity index (χ1) is 16.8. The second-order valence-corrected chi connectivity index (χ2v) is 10.5. The van der Waals surface area contributed by atoms with Gasteiger partial charge in [-0.1, -0.05) is 6.07 Å². The van der Waals surface area contributed by atoms with E-state index in [1.165, 1.54) is 18.4 Å². The molecule has 2 aliphatic rings. The Morgan fingerprint density at radius 3 is 2.60 bits per heavy atom. The van der Waals surface area contributed by atoms with Crippen molar-refractivity contribution in [1.82, 2.24) is 9.34 Å². The lowest BCUT2D eigenvalue weighted by molar-refractivity contribution is -0.384. The van der Waals surface area contributed by atoms with Crippen LogP contribution < -0.4 is 10.1 Å². The minimum absolute atomic E-state index is 0.0909. The molecule has 12 nitrogen and oxygen atoms in total. The maximum Gasteiger partial charge on any atom is 0.346 e. The Morgan fingerprint density at radius 2 is 1.97 bits per heavy atom.